The topological polar surface area (TPSA) is 46.6 Å². The number of halogens is 2. The number of amides is 2. The van der Waals surface area contributed by atoms with Crippen LogP contribution in [-0.2, 0) is 17.9 Å². The number of hydrogen-bond donors (Lipinski definition) is 0. The zero-order valence-electron chi connectivity index (χ0n) is 16.3. The molecule has 1 aliphatic heterocycles. The fourth-order valence-electron chi connectivity index (χ4n) is 3.02. The minimum atomic E-state index is -0.352. The van der Waals surface area contributed by atoms with E-state index in [0.29, 0.717) is 26.8 Å². The van der Waals surface area contributed by atoms with Crippen LogP contribution in [0, 0.1) is 5.82 Å². The van der Waals surface area contributed by atoms with E-state index in [1.807, 2.05) is 6.07 Å². The van der Waals surface area contributed by atoms with Crippen molar-refractivity contribution in [2.45, 2.75) is 13.2 Å². The van der Waals surface area contributed by atoms with Crippen molar-refractivity contribution in [2.24, 2.45) is 0 Å². The van der Waals surface area contributed by atoms with E-state index in [9.17, 15) is 14.0 Å². The highest BCUT2D eigenvalue weighted by Crippen LogP contribution is 2.34. The van der Waals surface area contributed by atoms with E-state index in [1.165, 1.54) is 11.0 Å². The zero-order chi connectivity index (χ0) is 21.8. The maximum absolute atomic E-state index is 13.7. The number of hydrogen-bond acceptors (Lipinski definition) is 4. The van der Waals surface area contributed by atoms with Gasteiger partial charge in [0, 0.05) is 10.6 Å². The lowest BCUT2D eigenvalue weighted by atomic mass is 10.2. The number of nitrogens with zero attached hydrogens (tertiary/aromatic N) is 1. The van der Waals surface area contributed by atoms with Gasteiger partial charge in [0.25, 0.3) is 11.1 Å². The van der Waals surface area contributed by atoms with Crippen LogP contribution in [0.1, 0.15) is 16.7 Å². The van der Waals surface area contributed by atoms with Gasteiger partial charge < -0.3 is 4.74 Å². The Labute approximate surface area is 188 Å². The average Bonchev–Trinajstić information content (AvgIpc) is 3.03. The monoisotopic (exact) mass is 453 g/mol. The molecule has 3 aromatic rings. The molecule has 3 aromatic carbocycles. The summed E-state index contributed by atoms with van der Waals surface area (Å²) in [5.41, 5.74) is 1.93. The van der Waals surface area contributed by atoms with Gasteiger partial charge in [0.2, 0.25) is 0 Å². The first-order chi connectivity index (χ1) is 15.0. The number of imide groups is 1. The number of carbonyl (C=O) groups excluding carboxylic acids is 2. The highest BCUT2D eigenvalue weighted by atomic mass is 35.5. The van der Waals surface area contributed by atoms with Crippen LogP contribution in [0.25, 0.3) is 6.08 Å². The molecule has 0 atom stereocenters. The van der Waals surface area contributed by atoms with Crippen molar-refractivity contribution >= 4 is 40.6 Å². The number of thioether (sulfide) groups is 1. The van der Waals surface area contributed by atoms with Crippen LogP contribution in [0.4, 0.5) is 9.18 Å². The highest BCUT2D eigenvalue weighted by Gasteiger charge is 2.35. The summed E-state index contributed by atoms with van der Waals surface area (Å²) in [5, 5.41) is 0.178. The van der Waals surface area contributed by atoms with Gasteiger partial charge in [-0.3, -0.25) is 14.5 Å². The average molecular weight is 454 g/mol. The van der Waals surface area contributed by atoms with Gasteiger partial charge in [0.1, 0.15) is 18.2 Å². The molecule has 1 saturated heterocycles. The maximum Gasteiger partial charge on any atom is 0.293 e. The van der Waals surface area contributed by atoms with E-state index in [2.05, 4.69) is 0 Å². The molecule has 0 aromatic heterocycles. The Morgan fingerprint density at radius 1 is 0.935 bits per heavy atom. The molecule has 1 fully saturated rings. The predicted octanol–water partition coefficient (Wildman–Crippen LogP) is 6.29. The molecule has 0 unspecified atom stereocenters. The molecular weight excluding hydrogens is 437 g/mol. The zero-order valence-corrected chi connectivity index (χ0v) is 17.8. The first-order valence-corrected chi connectivity index (χ1v) is 10.7. The molecule has 7 heteroatoms. The first kappa shape index (κ1) is 21.2. The summed E-state index contributed by atoms with van der Waals surface area (Å²) in [7, 11) is 0. The van der Waals surface area contributed by atoms with Crippen LogP contribution in [0.3, 0.4) is 0 Å². The lowest BCUT2D eigenvalue weighted by molar-refractivity contribution is -0.123. The predicted molar refractivity (Wildman–Crippen MR) is 120 cm³/mol. The standard InChI is InChI=1S/C24H17ClFNO3S/c25-20-7-3-1-5-17(20)14-27-23(28)22(31-24(27)29)13-16-9-11-19(12-10-16)30-15-18-6-2-4-8-21(18)26/h1-13H,14-15H2/b22-13-. The third-order valence-electron chi connectivity index (χ3n) is 4.69. The molecule has 4 rings (SSSR count). The number of rotatable bonds is 6. The lowest BCUT2D eigenvalue weighted by Gasteiger charge is -2.13. The Hall–Kier alpha value is -3.09. The normalized spacial score (nSPS) is 15.0. The molecule has 0 bridgehead atoms. The van der Waals surface area contributed by atoms with Crippen molar-refractivity contribution in [1.82, 2.24) is 4.90 Å². The second kappa shape index (κ2) is 9.37. The SMILES string of the molecule is O=C1S/C(=C\c2ccc(OCc3ccccc3F)cc2)C(=O)N1Cc1ccccc1Cl. The summed E-state index contributed by atoms with van der Waals surface area (Å²) in [6, 6.07) is 20.6. The molecule has 1 aliphatic rings. The smallest absolute Gasteiger partial charge is 0.293 e. The van der Waals surface area contributed by atoms with Crippen LogP contribution in [0.2, 0.25) is 5.02 Å². The third kappa shape index (κ3) is 4.98. The van der Waals surface area contributed by atoms with Crippen LogP contribution >= 0.6 is 23.4 Å². The van der Waals surface area contributed by atoms with Gasteiger partial charge in [-0.1, -0.05) is 60.1 Å². The van der Waals surface area contributed by atoms with Crippen LogP contribution in [0.15, 0.2) is 77.7 Å². The minimum Gasteiger partial charge on any atom is -0.489 e. The fourth-order valence-corrected chi connectivity index (χ4v) is 4.06. The van der Waals surface area contributed by atoms with Crippen LogP contribution in [0.5, 0.6) is 5.75 Å². The molecule has 0 spiro atoms. The maximum atomic E-state index is 13.7. The number of carbonyl (C=O) groups is 2. The lowest BCUT2D eigenvalue weighted by Crippen LogP contribution is -2.27. The summed E-state index contributed by atoms with van der Waals surface area (Å²) < 4.78 is 19.3. The summed E-state index contributed by atoms with van der Waals surface area (Å²) >= 11 is 7.05. The molecule has 1 heterocycles. The minimum absolute atomic E-state index is 0.118. The fraction of sp³-hybridized carbons (Fsp3) is 0.0833. The van der Waals surface area contributed by atoms with Gasteiger partial charge in [-0.2, -0.15) is 0 Å². The van der Waals surface area contributed by atoms with E-state index in [1.54, 1.807) is 66.7 Å². The summed E-state index contributed by atoms with van der Waals surface area (Å²) in [6.07, 6.45) is 1.66. The Kier molecular flexibility index (Phi) is 6.39. The van der Waals surface area contributed by atoms with Crippen molar-refractivity contribution < 1.29 is 18.7 Å². The Bertz CT molecular complexity index is 1160. The van der Waals surface area contributed by atoms with Crippen molar-refractivity contribution in [2.75, 3.05) is 0 Å². The van der Waals surface area contributed by atoms with Gasteiger partial charge in [-0.05, 0) is 53.2 Å². The molecule has 2 amide bonds. The van der Waals surface area contributed by atoms with Gasteiger partial charge >= 0.3 is 0 Å². The first-order valence-electron chi connectivity index (χ1n) is 9.46. The summed E-state index contributed by atoms with van der Waals surface area (Å²) in [6.45, 7) is 0.247. The van der Waals surface area contributed by atoms with Gasteiger partial charge in [-0.15, -0.1) is 0 Å². The van der Waals surface area contributed by atoms with Crippen LogP contribution in [-0.4, -0.2) is 16.0 Å². The Balaban J connectivity index is 1.42. The highest BCUT2D eigenvalue weighted by molar-refractivity contribution is 8.18. The number of ether oxygens (including phenoxy) is 1. The quantitative estimate of drug-likeness (QED) is 0.411. The molecular formula is C24H17ClFNO3S. The molecule has 31 heavy (non-hydrogen) atoms. The molecule has 0 N–H and O–H groups in total. The number of benzene rings is 3. The molecule has 156 valence electrons. The van der Waals surface area contributed by atoms with E-state index >= 15 is 0 Å². The van der Waals surface area contributed by atoms with Crippen molar-refractivity contribution in [3.05, 3.63) is 105 Å². The summed E-state index contributed by atoms with van der Waals surface area (Å²) in [4.78, 5) is 26.6. The Morgan fingerprint density at radius 3 is 2.32 bits per heavy atom. The van der Waals surface area contributed by atoms with Crippen LogP contribution < -0.4 is 4.74 Å². The van der Waals surface area contributed by atoms with Gasteiger partial charge in [-0.25, -0.2) is 4.39 Å². The van der Waals surface area contributed by atoms with E-state index in [-0.39, 0.29) is 30.1 Å². The third-order valence-corrected chi connectivity index (χ3v) is 5.97. The van der Waals surface area contributed by atoms with Gasteiger partial charge in [0.15, 0.2) is 0 Å². The van der Waals surface area contributed by atoms with Crippen molar-refractivity contribution in [3.8, 4) is 5.75 Å². The largest absolute Gasteiger partial charge is 0.489 e. The molecule has 0 radical (unpaired) electrons. The molecule has 0 saturated carbocycles. The summed E-state index contributed by atoms with van der Waals surface area (Å²) in [5.74, 6) is -0.0892. The molecule has 4 nitrogen and oxygen atoms in total. The van der Waals surface area contributed by atoms with E-state index in [0.717, 1.165) is 17.3 Å². The van der Waals surface area contributed by atoms with E-state index < -0.39 is 0 Å². The second-order valence-electron chi connectivity index (χ2n) is 6.81. The van der Waals surface area contributed by atoms with Crippen molar-refractivity contribution in [1.29, 1.82) is 0 Å². The second-order valence-corrected chi connectivity index (χ2v) is 8.21. The van der Waals surface area contributed by atoms with Gasteiger partial charge in [0.05, 0.1) is 11.4 Å². The van der Waals surface area contributed by atoms with E-state index in [4.69, 9.17) is 16.3 Å². The van der Waals surface area contributed by atoms with Crippen molar-refractivity contribution in [3.63, 3.8) is 0 Å². The Morgan fingerprint density at radius 2 is 1.61 bits per heavy atom. The molecule has 0 aliphatic carbocycles.